The molecule has 0 aromatic heterocycles. The number of unbranched alkanes of at least 4 members (excludes halogenated alkanes) is 2. The van der Waals surface area contributed by atoms with Crippen molar-refractivity contribution in [3.8, 4) is 0 Å². The number of benzene rings is 1. The van der Waals surface area contributed by atoms with Crippen LogP contribution in [0.4, 0.5) is 5.69 Å². The third-order valence-corrected chi connectivity index (χ3v) is 3.82. The molecule has 1 unspecified atom stereocenters. The van der Waals surface area contributed by atoms with Gasteiger partial charge in [-0.15, -0.1) is 0 Å². The van der Waals surface area contributed by atoms with Gasteiger partial charge in [0.25, 0.3) is 0 Å². The Bertz CT molecular complexity index is 423. The molecule has 1 rings (SSSR count). The molecular weight excluding hydrogens is 276 g/mol. The van der Waals surface area contributed by atoms with Crippen LogP contribution in [0.2, 0.25) is 0 Å². The average molecular weight is 306 g/mol. The normalized spacial score (nSPS) is 12.0. The number of anilines is 1. The summed E-state index contributed by atoms with van der Waals surface area (Å²) in [6.07, 6.45) is 5.33. The monoisotopic (exact) mass is 306 g/mol. The summed E-state index contributed by atoms with van der Waals surface area (Å²) in [5, 5.41) is 0. The first kappa shape index (κ1) is 18.5. The molecule has 0 amide bonds. The fraction of sp³-hybridized carbons (Fsp3) is 0.611. The van der Waals surface area contributed by atoms with Crippen LogP contribution >= 0.6 is 0 Å². The van der Waals surface area contributed by atoms with E-state index in [9.17, 15) is 4.79 Å². The lowest BCUT2D eigenvalue weighted by Gasteiger charge is -2.25. The summed E-state index contributed by atoms with van der Waals surface area (Å²) >= 11 is 0. The second-order valence-electron chi connectivity index (χ2n) is 5.69. The van der Waals surface area contributed by atoms with Gasteiger partial charge in [0, 0.05) is 18.8 Å². The van der Waals surface area contributed by atoms with Crippen LogP contribution in [0, 0.1) is 0 Å². The summed E-state index contributed by atoms with van der Waals surface area (Å²) < 4.78 is 4.66. The van der Waals surface area contributed by atoms with Gasteiger partial charge in [0.2, 0.25) is 0 Å². The number of nitrogens with zero attached hydrogens (tertiary/aromatic N) is 1. The Morgan fingerprint density at radius 2 is 1.68 bits per heavy atom. The fourth-order valence-corrected chi connectivity index (χ4v) is 2.40. The molecule has 2 N–H and O–H groups in total. The predicted octanol–water partition coefficient (Wildman–Crippen LogP) is 3.14. The van der Waals surface area contributed by atoms with Crippen molar-refractivity contribution >= 4 is 11.7 Å². The molecular formula is C18H30N2O2. The van der Waals surface area contributed by atoms with E-state index in [1.54, 1.807) is 0 Å². The summed E-state index contributed by atoms with van der Waals surface area (Å²) in [6.45, 7) is 6.62. The van der Waals surface area contributed by atoms with Crippen molar-refractivity contribution in [2.75, 3.05) is 25.1 Å². The molecule has 0 bridgehead atoms. The Balaban J connectivity index is 2.68. The zero-order chi connectivity index (χ0) is 16.4. The molecule has 0 aliphatic rings. The van der Waals surface area contributed by atoms with Gasteiger partial charge >= 0.3 is 5.97 Å². The number of nitrogens with two attached hydrogens (primary N) is 1. The lowest BCUT2D eigenvalue weighted by molar-refractivity contribution is -0.142. The molecule has 4 nitrogen and oxygen atoms in total. The number of hydrogen-bond acceptors (Lipinski definition) is 4. The molecule has 0 aliphatic carbocycles. The lowest BCUT2D eigenvalue weighted by Crippen LogP contribution is -2.33. The summed E-state index contributed by atoms with van der Waals surface area (Å²) in [5.74, 6) is -0.364. The van der Waals surface area contributed by atoms with Gasteiger partial charge in [-0.2, -0.15) is 0 Å². The van der Waals surface area contributed by atoms with Crippen LogP contribution in [0.25, 0.3) is 0 Å². The SMILES string of the molecule is CCCCN(CCCC)c1ccc(CC(N)C(=O)OC)cc1. The molecule has 124 valence electrons. The minimum atomic E-state index is -0.591. The third-order valence-electron chi connectivity index (χ3n) is 3.82. The van der Waals surface area contributed by atoms with Crippen molar-refractivity contribution in [2.45, 2.75) is 52.0 Å². The maximum atomic E-state index is 11.4. The minimum Gasteiger partial charge on any atom is -0.468 e. The Morgan fingerprint density at radius 3 is 2.14 bits per heavy atom. The van der Waals surface area contributed by atoms with E-state index >= 15 is 0 Å². The molecule has 0 heterocycles. The standard InChI is InChI=1S/C18H30N2O2/c1-4-6-12-20(13-7-5-2)16-10-8-15(9-11-16)14-17(19)18(21)22-3/h8-11,17H,4-7,12-14,19H2,1-3H3. The molecule has 1 atom stereocenters. The van der Waals surface area contributed by atoms with Gasteiger partial charge < -0.3 is 15.4 Å². The van der Waals surface area contributed by atoms with Crippen molar-refractivity contribution in [3.05, 3.63) is 29.8 Å². The van der Waals surface area contributed by atoms with E-state index in [0.29, 0.717) is 6.42 Å². The van der Waals surface area contributed by atoms with E-state index < -0.39 is 6.04 Å². The van der Waals surface area contributed by atoms with Crippen molar-refractivity contribution in [3.63, 3.8) is 0 Å². The predicted molar refractivity (Wildman–Crippen MR) is 92.2 cm³/mol. The number of methoxy groups -OCH3 is 1. The van der Waals surface area contributed by atoms with E-state index in [4.69, 9.17) is 5.73 Å². The van der Waals surface area contributed by atoms with Gasteiger partial charge in [-0.1, -0.05) is 38.8 Å². The van der Waals surface area contributed by atoms with Crippen LogP contribution in [0.1, 0.15) is 45.1 Å². The lowest BCUT2D eigenvalue weighted by atomic mass is 10.1. The number of carbonyl (C=O) groups is 1. The molecule has 22 heavy (non-hydrogen) atoms. The van der Waals surface area contributed by atoms with E-state index in [1.165, 1.54) is 38.5 Å². The van der Waals surface area contributed by atoms with E-state index in [2.05, 4.69) is 47.7 Å². The van der Waals surface area contributed by atoms with Crippen LogP contribution in [0.15, 0.2) is 24.3 Å². The average Bonchev–Trinajstić information content (AvgIpc) is 2.55. The molecule has 0 spiro atoms. The third kappa shape index (κ3) is 6.06. The van der Waals surface area contributed by atoms with Gasteiger partial charge in [0.15, 0.2) is 0 Å². The van der Waals surface area contributed by atoms with E-state index in [1.807, 2.05) is 0 Å². The summed E-state index contributed by atoms with van der Waals surface area (Å²) in [7, 11) is 1.37. The molecule has 0 saturated carbocycles. The molecule has 1 aromatic carbocycles. The maximum Gasteiger partial charge on any atom is 0.322 e. The first-order chi connectivity index (χ1) is 10.6. The molecule has 0 radical (unpaired) electrons. The smallest absolute Gasteiger partial charge is 0.322 e. The van der Waals surface area contributed by atoms with Gasteiger partial charge in [-0.25, -0.2) is 0 Å². The molecule has 0 fully saturated rings. The Morgan fingerprint density at radius 1 is 1.14 bits per heavy atom. The second-order valence-corrected chi connectivity index (χ2v) is 5.69. The number of carbonyl (C=O) groups excluding carboxylic acids is 1. The number of ether oxygens (including phenoxy) is 1. The van der Waals surface area contributed by atoms with E-state index in [-0.39, 0.29) is 5.97 Å². The van der Waals surface area contributed by atoms with Crippen molar-refractivity contribution in [1.29, 1.82) is 0 Å². The van der Waals surface area contributed by atoms with Gasteiger partial charge in [0.1, 0.15) is 6.04 Å². The zero-order valence-electron chi connectivity index (χ0n) is 14.2. The van der Waals surface area contributed by atoms with Crippen molar-refractivity contribution in [2.24, 2.45) is 5.73 Å². The highest BCUT2D eigenvalue weighted by Gasteiger charge is 2.14. The Kier molecular flexibility index (Phi) is 8.60. The van der Waals surface area contributed by atoms with Crippen LogP contribution in [-0.2, 0) is 16.0 Å². The number of rotatable bonds is 10. The van der Waals surface area contributed by atoms with Crippen LogP contribution in [-0.4, -0.2) is 32.2 Å². The van der Waals surface area contributed by atoms with Gasteiger partial charge in [-0.3, -0.25) is 4.79 Å². The van der Waals surface area contributed by atoms with Gasteiger partial charge in [0.05, 0.1) is 7.11 Å². The fourth-order valence-electron chi connectivity index (χ4n) is 2.40. The van der Waals surface area contributed by atoms with E-state index in [0.717, 1.165) is 18.7 Å². The number of hydrogen-bond donors (Lipinski definition) is 1. The molecule has 1 aromatic rings. The van der Waals surface area contributed by atoms with Gasteiger partial charge in [-0.05, 0) is 37.0 Å². The molecule has 4 heteroatoms. The summed E-state index contributed by atoms with van der Waals surface area (Å²) in [5.41, 5.74) is 8.11. The topological polar surface area (TPSA) is 55.6 Å². The largest absolute Gasteiger partial charge is 0.468 e. The molecule has 0 aliphatic heterocycles. The first-order valence-electron chi connectivity index (χ1n) is 8.29. The summed E-state index contributed by atoms with van der Waals surface area (Å²) in [6, 6.07) is 7.79. The highest BCUT2D eigenvalue weighted by molar-refractivity contribution is 5.75. The second kappa shape index (κ2) is 10.2. The Hall–Kier alpha value is -1.55. The highest BCUT2D eigenvalue weighted by atomic mass is 16.5. The minimum absolute atomic E-state index is 0.364. The quantitative estimate of drug-likeness (QED) is 0.675. The van der Waals surface area contributed by atoms with Crippen molar-refractivity contribution in [1.82, 2.24) is 0 Å². The van der Waals surface area contributed by atoms with Crippen LogP contribution < -0.4 is 10.6 Å². The number of esters is 1. The first-order valence-corrected chi connectivity index (χ1v) is 8.29. The molecule has 0 saturated heterocycles. The van der Waals surface area contributed by atoms with Crippen molar-refractivity contribution < 1.29 is 9.53 Å². The van der Waals surface area contributed by atoms with Crippen LogP contribution in [0.3, 0.4) is 0 Å². The zero-order valence-corrected chi connectivity index (χ0v) is 14.2. The maximum absolute atomic E-state index is 11.4. The van der Waals surface area contributed by atoms with Crippen LogP contribution in [0.5, 0.6) is 0 Å². The Labute approximate surface area is 134 Å². The summed E-state index contributed by atoms with van der Waals surface area (Å²) in [4.78, 5) is 13.8. The highest BCUT2D eigenvalue weighted by Crippen LogP contribution is 2.18.